The van der Waals surface area contributed by atoms with Crippen LogP contribution >= 0.6 is 12.2 Å². The number of rotatable bonds is 8. The third-order valence-electron chi connectivity index (χ3n) is 3.31. The zero-order valence-electron chi connectivity index (χ0n) is 15.5. The van der Waals surface area contributed by atoms with Gasteiger partial charge in [0.25, 0.3) is 0 Å². The van der Waals surface area contributed by atoms with Gasteiger partial charge in [-0.1, -0.05) is 0 Å². The molecule has 1 unspecified atom stereocenters. The summed E-state index contributed by atoms with van der Waals surface area (Å²) >= 11 is 5.29. The minimum atomic E-state index is 0.0891. The molecule has 0 aliphatic carbocycles. The molecule has 1 aromatic carbocycles. The highest BCUT2D eigenvalue weighted by molar-refractivity contribution is 7.80. The maximum Gasteiger partial charge on any atom is 0.231 e. The first-order valence-corrected chi connectivity index (χ1v) is 8.83. The Morgan fingerprint density at radius 3 is 2.62 bits per heavy atom. The highest BCUT2D eigenvalue weighted by Crippen LogP contribution is 2.20. The number of nitrogens with zero attached hydrogens (tertiary/aromatic N) is 2. The third kappa shape index (κ3) is 6.45. The summed E-state index contributed by atoms with van der Waals surface area (Å²) in [6.07, 6.45) is 0. The van der Waals surface area contributed by atoms with Crippen molar-refractivity contribution >= 4 is 34.8 Å². The highest BCUT2D eigenvalue weighted by Gasteiger charge is 2.07. The van der Waals surface area contributed by atoms with Gasteiger partial charge in [-0.15, -0.1) is 0 Å². The topological polar surface area (TPSA) is 80.3 Å². The highest BCUT2D eigenvalue weighted by atomic mass is 32.1. The first-order valence-electron chi connectivity index (χ1n) is 8.42. The standard InChI is InChI=1S/C18H25N5O2S/c1-5-25-15-8-6-14(7-9-15)21-16-10-12(2)19-17(22-16)23-18(26)20-13(3)11-24-4/h6-10,13H,5,11H2,1-4H3,(H3,19,20,21,22,23,26). The lowest BCUT2D eigenvalue weighted by atomic mass is 10.3. The zero-order valence-corrected chi connectivity index (χ0v) is 16.3. The number of thiocarbonyl (C=S) groups is 1. The van der Waals surface area contributed by atoms with Gasteiger partial charge in [-0.25, -0.2) is 4.98 Å². The SMILES string of the molecule is CCOc1ccc(Nc2cc(C)nc(NC(=S)NC(C)COC)n2)cc1. The zero-order chi connectivity index (χ0) is 18.9. The Morgan fingerprint density at radius 2 is 1.96 bits per heavy atom. The largest absolute Gasteiger partial charge is 0.494 e. The molecular weight excluding hydrogens is 350 g/mol. The molecule has 2 rings (SSSR count). The summed E-state index contributed by atoms with van der Waals surface area (Å²) in [5.74, 6) is 1.94. The molecule has 3 N–H and O–H groups in total. The predicted molar refractivity (Wildman–Crippen MR) is 108 cm³/mol. The number of aromatic nitrogens is 2. The second kappa shape index (κ2) is 9.88. The molecule has 1 heterocycles. The van der Waals surface area contributed by atoms with Crippen molar-refractivity contribution < 1.29 is 9.47 Å². The lowest BCUT2D eigenvalue weighted by molar-refractivity contribution is 0.179. The summed E-state index contributed by atoms with van der Waals surface area (Å²) in [6, 6.07) is 9.66. The summed E-state index contributed by atoms with van der Waals surface area (Å²) in [5.41, 5.74) is 1.73. The number of hydrogen-bond donors (Lipinski definition) is 3. The van der Waals surface area contributed by atoms with Gasteiger partial charge in [-0.2, -0.15) is 4.98 Å². The molecule has 0 saturated carbocycles. The van der Waals surface area contributed by atoms with Crippen LogP contribution in [0.3, 0.4) is 0 Å². The van der Waals surface area contributed by atoms with E-state index in [1.807, 2.05) is 51.1 Å². The van der Waals surface area contributed by atoms with E-state index in [0.717, 1.165) is 17.1 Å². The van der Waals surface area contributed by atoms with Crippen LogP contribution in [-0.2, 0) is 4.74 Å². The fraction of sp³-hybridized carbons (Fsp3) is 0.389. The Balaban J connectivity index is 2.03. The first-order chi connectivity index (χ1) is 12.5. The molecule has 0 radical (unpaired) electrons. The molecule has 0 saturated heterocycles. The number of methoxy groups -OCH3 is 1. The fourth-order valence-electron chi connectivity index (χ4n) is 2.29. The Hall–Kier alpha value is -2.45. The van der Waals surface area contributed by atoms with Crippen LogP contribution in [0.4, 0.5) is 17.5 Å². The number of benzene rings is 1. The number of ether oxygens (including phenoxy) is 2. The minimum Gasteiger partial charge on any atom is -0.494 e. The van der Waals surface area contributed by atoms with Crippen molar-refractivity contribution in [3.05, 3.63) is 36.0 Å². The predicted octanol–water partition coefficient (Wildman–Crippen LogP) is 3.25. The lowest BCUT2D eigenvalue weighted by Crippen LogP contribution is -2.38. The van der Waals surface area contributed by atoms with E-state index in [1.165, 1.54) is 0 Å². The van der Waals surface area contributed by atoms with E-state index < -0.39 is 0 Å². The van der Waals surface area contributed by atoms with Crippen LogP contribution in [0.25, 0.3) is 0 Å². The third-order valence-corrected chi connectivity index (χ3v) is 3.53. The van der Waals surface area contributed by atoms with Crippen LogP contribution in [0.5, 0.6) is 5.75 Å². The average molecular weight is 375 g/mol. The molecule has 0 aliphatic rings. The molecule has 0 amide bonds. The van der Waals surface area contributed by atoms with Crippen LogP contribution in [0.1, 0.15) is 19.5 Å². The molecule has 26 heavy (non-hydrogen) atoms. The van der Waals surface area contributed by atoms with E-state index in [4.69, 9.17) is 21.7 Å². The van der Waals surface area contributed by atoms with E-state index in [0.29, 0.717) is 30.1 Å². The van der Waals surface area contributed by atoms with Gasteiger partial charge in [0.05, 0.1) is 13.2 Å². The van der Waals surface area contributed by atoms with Crippen molar-refractivity contribution in [1.29, 1.82) is 0 Å². The first kappa shape index (κ1) is 19.9. The van der Waals surface area contributed by atoms with Crippen LogP contribution in [0.15, 0.2) is 30.3 Å². The van der Waals surface area contributed by atoms with Crippen LogP contribution in [0, 0.1) is 6.92 Å². The number of aryl methyl sites for hydroxylation is 1. The van der Waals surface area contributed by atoms with Crippen LogP contribution in [0.2, 0.25) is 0 Å². The molecule has 7 nitrogen and oxygen atoms in total. The fourth-order valence-corrected chi connectivity index (χ4v) is 2.58. The van der Waals surface area contributed by atoms with Crippen LogP contribution < -0.4 is 20.7 Å². The van der Waals surface area contributed by atoms with Crippen molar-refractivity contribution in [3.8, 4) is 5.75 Å². The Morgan fingerprint density at radius 1 is 1.23 bits per heavy atom. The lowest BCUT2D eigenvalue weighted by Gasteiger charge is -2.16. The quantitative estimate of drug-likeness (QED) is 0.607. The second-order valence-electron chi connectivity index (χ2n) is 5.76. The minimum absolute atomic E-state index is 0.0891. The van der Waals surface area contributed by atoms with E-state index in [-0.39, 0.29) is 6.04 Å². The van der Waals surface area contributed by atoms with Gasteiger partial charge in [-0.05, 0) is 57.3 Å². The van der Waals surface area contributed by atoms with Crippen molar-refractivity contribution in [2.75, 3.05) is 31.0 Å². The van der Waals surface area contributed by atoms with Gasteiger partial charge < -0.3 is 25.4 Å². The van der Waals surface area contributed by atoms with Crippen LogP contribution in [-0.4, -0.2) is 41.4 Å². The maximum atomic E-state index is 5.45. The van der Waals surface area contributed by atoms with Gasteiger partial charge in [-0.3, -0.25) is 0 Å². The molecule has 1 atom stereocenters. The number of hydrogen-bond acceptors (Lipinski definition) is 6. The van der Waals surface area contributed by atoms with Gasteiger partial charge >= 0.3 is 0 Å². The summed E-state index contributed by atoms with van der Waals surface area (Å²) < 4.78 is 10.5. The molecule has 8 heteroatoms. The summed E-state index contributed by atoms with van der Waals surface area (Å²) in [6.45, 7) is 7.04. The number of anilines is 3. The van der Waals surface area contributed by atoms with E-state index in [2.05, 4.69) is 25.9 Å². The molecule has 0 bridgehead atoms. The Labute approximate surface area is 159 Å². The van der Waals surface area contributed by atoms with Gasteiger partial charge in [0.1, 0.15) is 11.6 Å². The van der Waals surface area contributed by atoms with Gasteiger partial charge in [0, 0.05) is 30.6 Å². The summed E-state index contributed by atoms with van der Waals surface area (Å²) in [4.78, 5) is 8.82. The number of nitrogens with one attached hydrogen (secondary N) is 3. The van der Waals surface area contributed by atoms with Crippen molar-refractivity contribution in [1.82, 2.24) is 15.3 Å². The molecule has 0 aliphatic heterocycles. The summed E-state index contributed by atoms with van der Waals surface area (Å²) in [5, 5.41) is 9.83. The van der Waals surface area contributed by atoms with E-state index in [9.17, 15) is 0 Å². The summed E-state index contributed by atoms with van der Waals surface area (Å²) in [7, 11) is 1.65. The second-order valence-corrected chi connectivity index (χ2v) is 6.16. The van der Waals surface area contributed by atoms with Crippen molar-refractivity contribution in [2.24, 2.45) is 0 Å². The smallest absolute Gasteiger partial charge is 0.231 e. The van der Waals surface area contributed by atoms with Crippen molar-refractivity contribution in [2.45, 2.75) is 26.8 Å². The molecule has 2 aromatic rings. The van der Waals surface area contributed by atoms with Gasteiger partial charge in [0.15, 0.2) is 5.11 Å². The normalized spacial score (nSPS) is 11.5. The Bertz CT molecular complexity index is 724. The molecule has 1 aromatic heterocycles. The van der Waals surface area contributed by atoms with Gasteiger partial charge in [0.2, 0.25) is 5.95 Å². The molecule has 0 fully saturated rings. The Kier molecular flexibility index (Phi) is 7.55. The molecule has 140 valence electrons. The van der Waals surface area contributed by atoms with E-state index in [1.54, 1.807) is 7.11 Å². The van der Waals surface area contributed by atoms with E-state index >= 15 is 0 Å². The average Bonchev–Trinajstić information content (AvgIpc) is 2.56. The molecular formula is C18H25N5O2S. The maximum absolute atomic E-state index is 5.45. The van der Waals surface area contributed by atoms with Crippen molar-refractivity contribution in [3.63, 3.8) is 0 Å². The molecule has 0 spiro atoms. The monoisotopic (exact) mass is 375 g/mol.